The number of hydrogen-bond acceptors (Lipinski definition) is 4. The minimum absolute atomic E-state index is 0.268. The molecule has 0 radical (unpaired) electrons. The minimum Gasteiger partial charge on any atom is -0.437 e. The van der Waals surface area contributed by atoms with Gasteiger partial charge in [0, 0.05) is 11.8 Å². The summed E-state index contributed by atoms with van der Waals surface area (Å²) in [6.07, 6.45) is 8.28. The molecule has 1 aliphatic carbocycles. The maximum atomic E-state index is 6.11. The van der Waals surface area contributed by atoms with Crippen molar-refractivity contribution in [1.29, 1.82) is 0 Å². The minimum atomic E-state index is 0.268. The van der Waals surface area contributed by atoms with Crippen molar-refractivity contribution < 1.29 is 4.42 Å². The van der Waals surface area contributed by atoms with Crippen molar-refractivity contribution in [2.45, 2.75) is 25.7 Å². The fourth-order valence-corrected chi connectivity index (χ4v) is 3.33. The van der Waals surface area contributed by atoms with Crippen LogP contribution in [0.1, 0.15) is 24.0 Å². The number of nitrogens with zero attached hydrogens (tertiary/aromatic N) is 1. The van der Waals surface area contributed by atoms with Gasteiger partial charge >= 0.3 is 0 Å². The number of aryl methyl sites for hydroxylation is 1. The summed E-state index contributed by atoms with van der Waals surface area (Å²) in [5.74, 6) is 0.268. The smallest absolute Gasteiger partial charge is 0.214 e. The largest absolute Gasteiger partial charge is 0.437 e. The van der Waals surface area contributed by atoms with Crippen LogP contribution in [0.4, 0.5) is 11.6 Å². The highest BCUT2D eigenvalue weighted by atomic mass is 16.3. The Morgan fingerprint density at radius 1 is 1.00 bits per heavy atom. The molecule has 4 N–H and O–H groups in total. The van der Waals surface area contributed by atoms with E-state index in [1.807, 2.05) is 6.20 Å². The molecular weight excluding hydrogens is 262 g/mol. The van der Waals surface area contributed by atoms with Gasteiger partial charge < -0.3 is 15.9 Å². The highest BCUT2D eigenvalue weighted by molar-refractivity contribution is 6.05. The molecule has 4 rings (SSSR count). The second kappa shape index (κ2) is 4.52. The number of pyridine rings is 1. The monoisotopic (exact) mass is 279 g/mol. The van der Waals surface area contributed by atoms with Crippen molar-refractivity contribution in [2.75, 3.05) is 11.5 Å². The summed E-state index contributed by atoms with van der Waals surface area (Å²) in [7, 11) is 0. The van der Waals surface area contributed by atoms with E-state index in [2.05, 4.69) is 23.2 Å². The first-order valence-corrected chi connectivity index (χ1v) is 7.28. The van der Waals surface area contributed by atoms with E-state index in [-0.39, 0.29) is 5.88 Å². The number of rotatable bonds is 1. The van der Waals surface area contributed by atoms with Crippen molar-refractivity contribution in [3.8, 4) is 11.1 Å². The van der Waals surface area contributed by atoms with Crippen LogP contribution in [0.15, 0.2) is 35.0 Å². The van der Waals surface area contributed by atoms with Crippen LogP contribution in [-0.4, -0.2) is 4.98 Å². The number of aromatic nitrogens is 1. The van der Waals surface area contributed by atoms with Crippen LogP contribution in [0.3, 0.4) is 0 Å². The van der Waals surface area contributed by atoms with Crippen LogP contribution in [-0.2, 0) is 12.8 Å². The number of fused-ring (bicyclic) bond motifs is 2. The molecule has 0 saturated heterocycles. The molecule has 0 amide bonds. The van der Waals surface area contributed by atoms with Crippen molar-refractivity contribution in [2.24, 2.45) is 0 Å². The van der Waals surface area contributed by atoms with E-state index in [9.17, 15) is 0 Å². The van der Waals surface area contributed by atoms with E-state index in [4.69, 9.17) is 15.9 Å². The Hall–Kier alpha value is -2.49. The zero-order valence-electron chi connectivity index (χ0n) is 11.7. The van der Waals surface area contributed by atoms with Gasteiger partial charge in [-0.2, -0.15) is 0 Å². The van der Waals surface area contributed by atoms with Gasteiger partial charge in [0.1, 0.15) is 5.69 Å². The fraction of sp³-hybridized carbons (Fsp3) is 0.235. The lowest BCUT2D eigenvalue weighted by molar-refractivity contribution is 0.637. The van der Waals surface area contributed by atoms with Gasteiger partial charge in [0.25, 0.3) is 0 Å². The maximum absolute atomic E-state index is 6.11. The van der Waals surface area contributed by atoms with Crippen LogP contribution in [0.2, 0.25) is 0 Å². The molecule has 3 aromatic rings. The van der Waals surface area contributed by atoms with Gasteiger partial charge in [-0.3, -0.25) is 4.98 Å². The van der Waals surface area contributed by atoms with Crippen molar-refractivity contribution in [1.82, 2.24) is 4.98 Å². The predicted molar refractivity (Wildman–Crippen MR) is 84.9 cm³/mol. The van der Waals surface area contributed by atoms with Crippen molar-refractivity contribution in [3.05, 3.63) is 41.7 Å². The number of nitrogen functional groups attached to an aromatic ring is 2. The van der Waals surface area contributed by atoms with Gasteiger partial charge in [-0.15, -0.1) is 0 Å². The fourth-order valence-electron chi connectivity index (χ4n) is 3.33. The van der Waals surface area contributed by atoms with Gasteiger partial charge in [-0.25, -0.2) is 0 Å². The molecule has 21 heavy (non-hydrogen) atoms. The molecule has 0 fully saturated rings. The van der Waals surface area contributed by atoms with Crippen molar-refractivity contribution in [3.63, 3.8) is 0 Å². The maximum Gasteiger partial charge on any atom is 0.214 e. The Labute approximate surface area is 122 Å². The molecule has 1 aromatic carbocycles. The molecule has 1 aliphatic rings. The third-order valence-electron chi connectivity index (χ3n) is 4.35. The Bertz CT molecular complexity index is 835. The van der Waals surface area contributed by atoms with E-state index < -0.39 is 0 Å². The standard InChI is InChI=1S/C17H17N3O/c18-16-15-13(8-20-9-14(15)21-17(16)19)12-7-3-5-10-4-1-2-6-11(10)12/h3,5,7-9H,1-2,4,6,18-19H2. The summed E-state index contributed by atoms with van der Waals surface area (Å²) in [5.41, 5.74) is 18.2. The predicted octanol–water partition coefficient (Wildman–Crippen LogP) is 3.54. The van der Waals surface area contributed by atoms with Crippen LogP contribution < -0.4 is 11.5 Å². The lowest BCUT2D eigenvalue weighted by Gasteiger charge is -2.19. The summed E-state index contributed by atoms with van der Waals surface area (Å²) in [6.45, 7) is 0. The molecule has 0 unspecified atom stereocenters. The summed E-state index contributed by atoms with van der Waals surface area (Å²) < 4.78 is 5.50. The summed E-state index contributed by atoms with van der Waals surface area (Å²) in [5, 5.41) is 0.876. The third kappa shape index (κ3) is 1.79. The molecule has 4 nitrogen and oxygen atoms in total. The highest BCUT2D eigenvalue weighted by Crippen LogP contribution is 2.40. The zero-order chi connectivity index (χ0) is 14.4. The van der Waals surface area contributed by atoms with Crippen LogP contribution in [0.5, 0.6) is 0 Å². The topological polar surface area (TPSA) is 78.1 Å². The Morgan fingerprint density at radius 3 is 2.76 bits per heavy atom. The highest BCUT2D eigenvalue weighted by Gasteiger charge is 2.19. The van der Waals surface area contributed by atoms with Gasteiger partial charge in [0.05, 0.1) is 11.6 Å². The van der Waals surface area contributed by atoms with Crippen LogP contribution in [0, 0.1) is 0 Å². The number of hydrogen-bond donors (Lipinski definition) is 2. The number of nitrogens with two attached hydrogens (primary N) is 2. The number of benzene rings is 1. The van der Waals surface area contributed by atoms with Gasteiger partial charge in [0.2, 0.25) is 5.88 Å². The van der Waals surface area contributed by atoms with Gasteiger partial charge in [-0.1, -0.05) is 18.2 Å². The van der Waals surface area contributed by atoms with E-state index >= 15 is 0 Å². The quantitative estimate of drug-likeness (QED) is 0.714. The molecule has 2 aromatic heterocycles. The summed E-state index contributed by atoms with van der Waals surface area (Å²) >= 11 is 0. The SMILES string of the molecule is Nc1oc2cncc(-c3cccc4c3CCCC4)c2c1N. The second-order valence-electron chi connectivity index (χ2n) is 5.59. The molecule has 0 saturated carbocycles. The average molecular weight is 279 g/mol. The number of furan rings is 1. The normalized spacial score (nSPS) is 14.3. The molecular formula is C17H17N3O. The van der Waals surface area contributed by atoms with Crippen molar-refractivity contribution >= 4 is 22.5 Å². The van der Waals surface area contributed by atoms with Crippen LogP contribution >= 0.6 is 0 Å². The number of anilines is 2. The first-order chi connectivity index (χ1) is 10.3. The molecule has 106 valence electrons. The lowest BCUT2D eigenvalue weighted by Crippen LogP contribution is -2.04. The van der Waals surface area contributed by atoms with Gasteiger partial charge in [-0.05, 0) is 42.4 Å². The first kappa shape index (κ1) is 12.3. The van der Waals surface area contributed by atoms with E-state index in [1.54, 1.807) is 6.20 Å². The third-order valence-corrected chi connectivity index (χ3v) is 4.35. The first-order valence-electron chi connectivity index (χ1n) is 7.28. The summed E-state index contributed by atoms with van der Waals surface area (Å²) in [4.78, 5) is 4.29. The molecule has 4 heteroatoms. The van der Waals surface area contributed by atoms with E-state index in [0.717, 1.165) is 23.8 Å². The zero-order valence-corrected chi connectivity index (χ0v) is 11.7. The van der Waals surface area contributed by atoms with E-state index in [0.29, 0.717) is 11.3 Å². The molecule has 0 bridgehead atoms. The summed E-state index contributed by atoms with van der Waals surface area (Å²) in [6, 6.07) is 6.47. The average Bonchev–Trinajstić information content (AvgIpc) is 2.82. The van der Waals surface area contributed by atoms with Crippen LogP contribution in [0.25, 0.3) is 22.1 Å². The van der Waals surface area contributed by atoms with E-state index in [1.165, 1.54) is 29.5 Å². The van der Waals surface area contributed by atoms with Gasteiger partial charge in [0.15, 0.2) is 5.58 Å². The Balaban J connectivity index is 2.03. The molecule has 2 heterocycles. The Kier molecular flexibility index (Phi) is 2.64. The molecule has 0 spiro atoms. The lowest BCUT2D eigenvalue weighted by atomic mass is 9.85. The molecule has 0 atom stereocenters. The second-order valence-corrected chi connectivity index (χ2v) is 5.59. The molecule has 0 aliphatic heterocycles. The Morgan fingerprint density at radius 2 is 1.86 bits per heavy atom.